The molecule has 3 nitrogen and oxygen atoms in total. The minimum Gasteiger partial charge on any atom is -0.481 e. The molecule has 0 aromatic carbocycles. The molecule has 0 amide bonds. The molecule has 1 N–H and O–H groups in total. The zero-order valence-corrected chi connectivity index (χ0v) is 7.13. The van der Waals surface area contributed by atoms with E-state index in [0.717, 1.165) is 6.08 Å². The quantitative estimate of drug-likeness (QED) is 0.647. The Morgan fingerprint density at radius 2 is 2.17 bits per heavy atom. The Kier molecular flexibility index (Phi) is 5.36. The second kappa shape index (κ2) is 5.77. The monoisotopic (exact) mass is 192 g/mol. The van der Waals surface area contributed by atoms with Crippen LogP contribution in [0.4, 0.5) is 4.39 Å². The molecule has 0 fully saturated rings. The van der Waals surface area contributed by atoms with Gasteiger partial charge in [0.25, 0.3) is 0 Å². The molecule has 0 rings (SSSR count). The highest BCUT2D eigenvalue weighted by Gasteiger charge is 2.16. The third-order valence-corrected chi connectivity index (χ3v) is 1.65. The Labute approximate surface area is 74.7 Å². The van der Waals surface area contributed by atoms with Gasteiger partial charge in [0.1, 0.15) is 0 Å². The number of carboxylic acids is 1. The van der Waals surface area contributed by atoms with E-state index in [-0.39, 0.29) is 19.2 Å². The number of aliphatic carboxylic acids is 1. The van der Waals surface area contributed by atoms with Gasteiger partial charge in [0.15, 0.2) is 5.12 Å². The Balaban J connectivity index is 4.04. The molecule has 1 unspecified atom stereocenters. The van der Waals surface area contributed by atoms with Crippen molar-refractivity contribution in [2.45, 2.75) is 12.8 Å². The van der Waals surface area contributed by atoms with Gasteiger partial charge in [-0.1, -0.05) is 6.08 Å². The van der Waals surface area contributed by atoms with Crippen LogP contribution in [0.2, 0.25) is 0 Å². The standard InChI is InChI=1S/C7H9FO3S/c8-3-1-2-5(7(11)12)4-6(9)10/h1,3,5H,2,4H2,(H,9,10)(H,11,12). The van der Waals surface area contributed by atoms with Gasteiger partial charge in [0.05, 0.1) is 12.8 Å². The summed E-state index contributed by atoms with van der Waals surface area (Å²) in [5, 5.41) is 7.80. The second-order valence-corrected chi connectivity index (χ2v) is 2.67. The van der Waals surface area contributed by atoms with Crippen LogP contribution in [0.3, 0.4) is 0 Å². The summed E-state index contributed by atoms with van der Waals surface area (Å²) in [6.45, 7) is 0. The SMILES string of the molecule is O=C(O)CC(CC=CF)C(=O)S. The molecule has 1 atom stereocenters. The van der Waals surface area contributed by atoms with Crippen LogP contribution in [-0.4, -0.2) is 16.2 Å². The van der Waals surface area contributed by atoms with Crippen molar-refractivity contribution in [2.24, 2.45) is 5.92 Å². The highest BCUT2D eigenvalue weighted by Crippen LogP contribution is 2.12. The number of allylic oxidation sites excluding steroid dienone is 1. The van der Waals surface area contributed by atoms with E-state index < -0.39 is 17.0 Å². The predicted octanol–water partition coefficient (Wildman–Crippen LogP) is 1.41. The van der Waals surface area contributed by atoms with Crippen molar-refractivity contribution in [1.29, 1.82) is 0 Å². The van der Waals surface area contributed by atoms with Crippen molar-refractivity contribution in [2.75, 3.05) is 0 Å². The van der Waals surface area contributed by atoms with Crippen LogP contribution >= 0.6 is 12.6 Å². The summed E-state index contributed by atoms with van der Waals surface area (Å²) in [5.41, 5.74) is 0. The molecule has 0 aliphatic rings. The summed E-state index contributed by atoms with van der Waals surface area (Å²) in [4.78, 5) is 20.8. The van der Waals surface area contributed by atoms with Gasteiger partial charge in [-0.3, -0.25) is 9.59 Å². The Morgan fingerprint density at radius 1 is 1.58 bits per heavy atom. The molecule has 0 aliphatic heterocycles. The lowest BCUT2D eigenvalue weighted by Gasteiger charge is -2.05. The van der Waals surface area contributed by atoms with E-state index in [1.54, 1.807) is 0 Å². The average molecular weight is 192 g/mol. The lowest BCUT2D eigenvalue weighted by molar-refractivity contribution is -0.139. The van der Waals surface area contributed by atoms with Gasteiger partial charge in [-0.05, 0) is 6.42 Å². The van der Waals surface area contributed by atoms with Crippen molar-refractivity contribution in [3.05, 3.63) is 12.4 Å². The topological polar surface area (TPSA) is 54.4 Å². The van der Waals surface area contributed by atoms with Crippen LogP contribution in [0.1, 0.15) is 12.8 Å². The second-order valence-electron chi connectivity index (χ2n) is 2.23. The smallest absolute Gasteiger partial charge is 0.304 e. The van der Waals surface area contributed by atoms with Crippen molar-refractivity contribution in [1.82, 2.24) is 0 Å². The van der Waals surface area contributed by atoms with E-state index in [1.807, 2.05) is 0 Å². The van der Waals surface area contributed by atoms with Gasteiger partial charge in [-0.2, -0.15) is 0 Å². The van der Waals surface area contributed by atoms with E-state index in [9.17, 15) is 14.0 Å². The summed E-state index contributed by atoms with van der Waals surface area (Å²) in [5.74, 6) is -1.83. The van der Waals surface area contributed by atoms with Gasteiger partial charge < -0.3 is 5.11 Å². The highest BCUT2D eigenvalue weighted by atomic mass is 32.1. The molecule has 12 heavy (non-hydrogen) atoms. The van der Waals surface area contributed by atoms with Crippen LogP contribution in [0.25, 0.3) is 0 Å². The minimum atomic E-state index is -1.09. The van der Waals surface area contributed by atoms with E-state index in [0.29, 0.717) is 0 Å². The lowest BCUT2D eigenvalue weighted by Crippen LogP contribution is -2.13. The molecule has 0 heterocycles. The van der Waals surface area contributed by atoms with E-state index in [1.165, 1.54) is 0 Å². The molecule has 0 aromatic rings. The van der Waals surface area contributed by atoms with Crippen LogP contribution in [0, 0.1) is 5.92 Å². The maximum Gasteiger partial charge on any atom is 0.304 e. The largest absolute Gasteiger partial charge is 0.481 e. The van der Waals surface area contributed by atoms with Crippen molar-refractivity contribution >= 4 is 23.7 Å². The van der Waals surface area contributed by atoms with Gasteiger partial charge >= 0.3 is 5.97 Å². The average Bonchev–Trinajstić information content (AvgIpc) is 1.96. The number of thiol groups is 1. The maximum absolute atomic E-state index is 11.5. The fraction of sp³-hybridized carbons (Fsp3) is 0.429. The number of halogens is 1. The number of rotatable bonds is 5. The molecule has 0 radical (unpaired) electrons. The predicted molar refractivity (Wildman–Crippen MR) is 44.6 cm³/mol. The molecular weight excluding hydrogens is 183 g/mol. The van der Waals surface area contributed by atoms with E-state index >= 15 is 0 Å². The first kappa shape index (κ1) is 11.2. The van der Waals surface area contributed by atoms with Crippen LogP contribution < -0.4 is 0 Å². The fourth-order valence-corrected chi connectivity index (χ4v) is 0.895. The summed E-state index contributed by atoms with van der Waals surface area (Å²) < 4.78 is 11.5. The van der Waals surface area contributed by atoms with Gasteiger partial charge in [-0.15, -0.1) is 12.6 Å². The van der Waals surface area contributed by atoms with Crippen LogP contribution in [-0.2, 0) is 9.59 Å². The van der Waals surface area contributed by atoms with E-state index in [2.05, 4.69) is 12.6 Å². The molecular formula is C7H9FO3S. The van der Waals surface area contributed by atoms with Gasteiger partial charge in [-0.25, -0.2) is 4.39 Å². The first-order valence-electron chi connectivity index (χ1n) is 3.27. The normalized spacial score (nSPS) is 13.2. The number of hydrogen-bond acceptors (Lipinski definition) is 2. The van der Waals surface area contributed by atoms with Gasteiger partial charge in [0, 0.05) is 5.92 Å². The van der Waals surface area contributed by atoms with E-state index in [4.69, 9.17) is 5.11 Å². The molecule has 0 aromatic heterocycles. The molecule has 0 bridgehead atoms. The first-order valence-corrected chi connectivity index (χ1v) is 3.72. The molecule has 0 saturated heterocycles. The Bertz CT molecular complexity index is 203. The lowest BCUT2D eigenvalue weighted by atomic mass is 10.0. The highest BCUT2D eigenvalue weighted by molar-refractivity contribution is 7.96. The number of hydrogen-bond donors (Lipinski definition) is 2. The Morgan fingerprint density at radius 3 is 2.50 bits per heavy atom. The number of carboxylic acid groups (broad SMARTS) is 1. The maximum atomic E-state index is 11.5. The van der Waals surface area contributed by atoms with Gasteiger partial charge in [0.2, 0.25) is 0 Å². The molecule has 0 aliphatic carbocycles. The summed E-state index contributed by atoms with van der Waals surface area (Å²) in [6.07, 6.45) is 1.14. The zero-order chi connectivity index (χ0) is 9.56. The Hall–Kier alpha value is -0.840. The summed E-state index contributed by atoms with van der Waals surface area (Å²) in [7, 11) is 0. The molecule has 5 heteroatoms. The minimum absolute atomic E-state index is 0.0745. The third-order valence-electron chi connectivity index (χ3n) is 1.28. The first-order chi connectivity index (χ1) is 5.57. The molecule has 0 spiro atoms. The van der Waals surface area contributed by atoms with Crippen molar-refractivity contribution in [3.63, 3.8) is 0 Å². The zero-order valence-electron chi connectivity index (χ0n) is 6.24. The molecule has 68 valence electrons. The number of carbonyl (C=O) groups is 2. The summed E-state index contributed by atoms with van der Waals surface area (Å²) in [6, 6.07) is 0. The molecule has 0 saturated carbocycles. The number of carbonyl (C=O) groups excluding carboxylic acids is 1. The van der Waals surface area contributed by atoms with Crippen LogP contribution in [0.15, 0.2) is 12.4 Å². The van der Waals surface area contributed by atoms with Crippen molar-refractivity contribution in [3.8, 4) is 0 Å². The van der Waals surface area contributed by atoms with Crippen molar-refractivity contribution < 1.29 is 19.1 Å². The van der Waals surface area contributed by atoms with Crippen LogP contribution in [0.5, 0.6) is 0 Å². The fourth-order valence-electron chi connectivity index (χ4n) is 0.698. The summed E-state index contributed by atoms with van der Waals surface area (Å²) >= 11 is 3.48. The third kappa shape index (κ3) is 4.90.